The summed E-state index contributed by atoms with van der Waals surface area (Å²) in [6.07, 6.45) is 3.77. The van der Waals surface area contributed by atoms with Crippen LogP contribution in [0.5, 0.6) is 5.75 Å². The standard InChI is InChI=1S/C35H47ClFN5O8/c1-5-49-29-22(36)14-21(15-23(29)37)25-16-35(50-41-25)17-26(32(46)39-24(12-19-6-7-19)28(44)31(38)45)42(18-35)33(47)30(34(2,3)4)40-27(43)13-20-8-10-48-11-9-20/h14-15,19-20,24,26,30H,5-13,16-18H2,1-4H3,(H2,38,45)(H,39,46)(H,40,43)/t24-,26-,30+,35?/m0/s1. The van der Waals surface area contributed by atoms with Gasteiger partial charge in [-0.3, -0.25) is 24.0 Å². The summed E-state index contributed by atoms with van der Waals surface area (Å²) in [5.41, 5.74) is 4.08. The van der Waals surface area contributed by atoms with Gasteiger partial charge < -0.3 is 35.6 Å². The molecular weight excluding hydrogens is 673 g/mol. The van der Waals surface area contributed by atoms with Crippen molar-refractivity contribution in [2.24, 2.45) is 28.1 Å². The van der Waals surface area contributed by atoms with Gasteiger partial charge in [-0.05, 0) is 55.6 Å². The highest BCUT2D eigenvalue weighted by molar-refractivity contribution is 6.38. The fourth-order valence-electron chi connectivity index (χ4n) is 6.90. The number of rotatable bonds is 13. The number of nitrogens with zero attached hydrogens (tertiary/aromatic N) is 2. The number of likely N-dealkylation sites (tertiary alicyclic amines) is 1. The summed E-state index contributed by atoms with van der Waals surface area (Å²) < 4.78 is 25.7. The highest BCUT2D eigenvalue weighted by Gasteiger charge is 2.56. The lowest BCUT2D eigenvalue weighted by Crippen LogP contribution is -2.59. The Kier molecular flexibility index (Phi) is 11.4. The Hall–Kier alpha value is -3.78. The number of ether oxygens (including phenoxy) is 2. The third-order valence-electron chi connectivity index (χ3n) is 9.82. The van der Waals surface area contributed by atoms with Crippen molar-refractivity contribution in [3.63, 3.8) is 0 Å². The molecule has 3 heterocycles. The molecule has 13 nitrogen and oxygen atoms in total. The lowest BCUT2D eigenvalue weighted by molar-refractivity contribution is -0.145. The van der Waals surface area contributed by atoms with E-state index in [4.69, 9.17) is 31.6 Å². The molecule has 1 aromatic carbocycles. The maximum absolute atomic E-state index is 14.9. The molecule has 0 aromatic heterocycles. The number of oxime groups is 1. The van der Waals surface area contributed by atoms with E-state index in [1.807, 2.05) is 20.8 Å². The molecule has 4 aliphatic rings. The summed E-state index contributed by atoms with van der Waals surface area (Å²) in [6, 6.07) is -0.570. The van der Waals surface area contributed by atoms with Gasteiger partial charge in [0.1, 0.15) is 12.1 Å². The van der Waals surface area contributed by atoms with Gasteiger partial charge >= 0.3 is 0 Å². The van der Waals surface area contributed by atoms with Gasteiger partial charge in [0.2, 0.25) is 23.5 Å². The molecule has 4 N–H and O–H groups in total. The maximum atomic E-state index is 14.9. The van der Waals surface area contributed by atoms with Crippen molar-refractivity contribution < 1.29 is 42.7 Å². The van der Waals surface area contributed by atoms with Crippen molar-refractivity contribution in [2.75, 3.05) is 26.4 Å². The minimum absolute atomic E-state index is 0.0292. The van der Waals surface area contributed by atoms with Gasteiger partial charge in [-0.15, -0.1) is 0 Å². The Balaban J connectivity index is 1.41. The maximum Gasteiger partial charge on any atom is 0.287 e. The first-order valence-electron chi connectivity index (χ1n) is 17.3. The number of halogens is 2. The largest absolute Gasteiger partial charge is 0.489 e. The highest BCUT2D eigenvalue weighted by Crippen LogP contribution is 2.41. The zero-order valence-electron chi connectivity index (χ0n) is 29.0. The van der Waals surface area contributed by atoms with Gasteiger partial charge in [0.05, 0.1) is 29.9 Å². The minimum Gasteiger partial charge on any atom is -0.489 e. The summed E-state index contributed by atoms with van der Waals surface area (Å²) >= 11 is 6.32. The Labute approximate surface area is 296 Å². The number of hydrogen-bond acceptors (Lipinski definition) is 9. The first-order chi connectivity index (χ1) is 23.6. The minimum atomic E-state index is -1.19. The molecule has 0 radical (unpaired) electrons. The van der Waals surface area contributed by atoms with Crippen molar-refractivity contribution in [2.45, 2.75) is 103 Å². The monoisotopic (exact) mass is 719 g/mol. The third kappa shape index (κ3) is 8.74. The molecule has 1 spiro atoms. The molecule has 2 saturated heterocycles. The van der Waals surface area contributed by atoms with Crippen LogP contribution in [-0.2, 0) is 33.5 Å². The van der Waals surface area contributed by atoms with Crippen molar-refractivity contribution in [1.82, 2.24) is 15.5 Å². The number of nitrogens with one attached hydrogen (secondary N) is 2. The number of nitrogens with two attached hydrogens (primary N) is 1. The summed E-state index contributed by atoms with van der Waals surface area (Å²) in [6.45, 7) is 8.44. The topological polar surface area (TPSA) is 179 Å². The lowest BCUT2D eigenvalue weighted by atomic mass is 9.85. The van der Waals surface area contributed by atoms with Crippen LogP contribution in [0.1, 0.15) is 84.6 Å². The van der Waals surface area contributed by atoms with Crippen LogP contribution in [0.4, 0.5) is 4.39 Å². The van der Waals surface area contributed by atoms with Crippen molar-refractivity contribution in [3.8, 4) is 5.75 Å². The van der Waals surface area contributed by atoms with Crippen molar-refractivity contribution in [1.29, 1.82) is 0 Å². The van der Waals surface area contributed by atoms with Crippen LogP contribution >= 0.6 is 11.6 Å². The van der Waals surface area contributed by atoms with E-state index >= 15 is 0 Å². The number of Topliss-reactive ketones (excluding diaryl/α,β-unsaturated/α-hetero) is 1. The highest BCUT2D eigenvalue weighted by atomic mass is 35.5. The lowest BCUT2D eigenvalue weighted by Gasteiger charge is -2.36. The van der Waals surface area contributed by atoms with E-state index in [9.17, 15) is 28.4 Å². The predicted octanol–water partition coefficient (Wildman–Crippen LogP) is 3.03. The Bertz CT molecular complexity index is 1520. The van der Waals surface area contributed by atoms with Crippen molar-refractivity contribution >= 4 is 46.7 Å². The second-order valence-corrected chi connectivity index (χ2v) is 15.4. The average molecular weight is 720 g/mol. The second kappa shape index (κ2) is 15.2. The van der Waals surface area contributed by atoms with E-state index in [1.54, 1.807) is 6.92 Å². The normalized spacial score (nSPS) is 23.5. The van der Waals surface area contributed by atoms with E-state index < -0.39 is 58.5 Å². The average Bonchev–Trinajstić information content (AvgIpc) is 3.65. The van der Waals surface area contributed by atoms with E-state index in [-0.39, 0.29) is 67.4 Å². The predicted molar refractivity (Wildman–Crippen MR) is 181 cm³/mol. The number of benzene rings is 1. The SMILES string of the molecule is CCOc1c(F)cc(C2=NOC3(C2)C[C@@H](C(=O)N[C@@H](CC2CC2)C(=O)C(N)=O)N(C(=O)[C@@H](NC(=O)CC2CCOCC2)C(C)(C)C)C3)cc1Cl. The number of carbonyl (C=O) groups excluding carboxylic acids is 5. The Morgan fingerprint density at radius 3 is 2.42 bits per heavy atom. The van der Waals surface area contributed by atoms with Crippen LogP contribution in [0.15, 0.2) is 17.3 Å². The fourth-order valence-corrected chi connectivity index (χ4v) is 7.16. The van der Waals surface area contributed by atoms with Gasteiger partial charge in [-0.2, -0.15) is 0 Å². The number of primary amides is 1. The molecule has 1 aliphatic carbocycles. The molecular formula is C35H47ClFN5O8. The molecule has 50 heavy (non-hydrogen) atoms. The van der Waals surface area contributed by atoms with E-state index in [1.165, 1.54) is 17.0 Å². The molecule has 1 saturated carbocycles. The summed E-state index contributed by atoms with van der Waals surface area (Å²) in [7, 11) is 0. The summed E-state index contributed by atoms with van der Waals surface area (Å²) in [4.78, 5) is 73.8. The van der Waals surface area contributed by atoms with Gasteiger partial charge in [0, 0.05) is 38.0 Å². The Morgan fingerprint density at radius 2 is 1.82 bits per heavy atom. The zero-order chi connectivity index (χ0) is 36.4. The molecule has 3 aliphatic heterocycles. The van der Waals surface area contributed by atoms with Crippen LogP contribution in [0.25, 0.3) is 0 Å². The van der Waals surface area contributed by atoms with Gasteiger partial charge in [0.25, 0.3) is 5.91 Å². The Morgan fingerprint density at radius 1 is 1.12 bits per heavy atom. The van der Waals surface area contributed by atoms with Crippen LogP contribution in [0.2, 0.25) is 5.02 Å². The van der Waals surface area contributed by atoms with Crippen LogP contribution in [0, 0.1) is 23.1 Å². The smallest absolute Gasteiger partial charge is 0.287 e. The molecule has 4 amide bonds. The molecule has 15 heteroatoms. The van der Waals surface area contributed by atoms with Gasteiger partial charge in [-0.25, -0.2) is 4.39 Å². The second-order valence-electron chi connectivity index (χ2n) is 15.0. The quantitative estimate of drug-likeness (QED) is 0.261. The molecule has 4 atom stereocenters. The molecule has 1 aromatic rings. The first kappa shape index (κ1) is 37.5. The molecule has 1 unspecified atom stereocenters. The molecule has 274 valence electrons. The van der Waals surface area contributed by atoms with E-state index in [0.29, 0.717) is 24.5 Å². The summed E-state index contributed by atoms with van der Waals surface area (Å²) in [5, 5.41) is 9.92. The molecule has 5 rings (SSSR count). The fraction of sp³-hybridized carbons (Fsp3) is 0.657. The number of carbonyl (C=O) groups is 5. The van der Waals surface area contributed by atoms with E-state index in [2.05, 4.69) is 15.8 Å². The van der Waals surface area contributed by atoms with Crippen LogP contribution < -0.4 is 21.1 Å². The third-order valence-corrected chi connectivity index (χ3v) is 10.1. The first-order valence-corrected chi connectivity index (χ1v) is 17.7. The van der Waals surface area contributed by atoms with Crippen molar-refractivity contribution in [3.05, 3.63) is 28.5 Å². The zero-order valence-corrected chi connectivity index (χ0v) is 29.8. The number of hydrogen-bond donors (Lipinski definition) is 3. The number of amides is 4. The van der Waals surface area contributed by atoms with E-state index in [0.717, 1.165) is 25.7 Å². The molecule has 3 fully saturated rings. The van der Waals surface area contributed by atoms with Gasteiger partial charge in [0.15, 0.2) is 17.2 Å². The number of ketones is 1. The molecule has 0 bridgehead atoms. The van der Waals surface area contributed by atoms with Crippen LogP contribution in [-0.4, -0.2) is 90.1 Å². The summed E-state index contributed by atoms with van der Waals surface area (Å²) in [5.74, 6) is -4.00. The van der Waals surface area contributed by atoms with Crippen LogP contribution in [0.3, 0.4) is 0 Å². The van der Waals surface area contributed by atoms with Gasteiger partial charge in [-0.1, -0.05) is 50.4 Å².